The van der Waals surface area contributed by atoms with Gasteiger partial charge in [-0.25, -0.2) is 13.6 Å². The molecule has 0 saturated carbocycles. The van der Waals surface area contributed by atoms with Gasteiger partial charge >= 0.3 is 5.97 Å². The van der Waals surface area contributed by atoms with Crippen LogP contribution in [0, 0.1) is 0 Å². The molecule has 1 saturated heterocycles. The third-order valence-electron chi connectivity index (χ3n) is 3.00. The van der Waals surface area contributed by atoms with Gasteiger partial charge in [0.25, 0.3) is 0 Å². The normalized spacial score (nSPS) is 35.1. The van der Waals surface area contributed by atoms with E-state index in [1.165, 1.54) is 28.4 Å². The summed E-state index contributed by atoms with van der Waals surface area (Å²) < 4.78 is 53.7. The fraction of sp³-hybridized carbons (Fsp3) is 1.00. The van der Waals surface area contributed by atoms with Gasteiger partial charge in [-0.2, -0.15) is 0 Å². The van der Waals surface area contributed by atoms with Crippen molar-refractivity contribution in [2.24, 2.45) is 5.14 Å². The minimum atomic E-state index is -3.86. The predicted octanol–water partition coefficient (Wildman–Crippen LogP) is -1.38. The Labute approximate surface area is 118 Å². The van der Waals surface area contributed by atoms with Crippen molar-refractivity contribution in [3.63, 3.8) is 0 Å². The van der Waals surface area contributed by atoms with E-state index in [0.29, 0.717) is 0 Å². The highest BCUT2D eigenvalue weighted by atomic mass is 32.2. The highest BCUT2D eigenvalue weighted by Crippen LogP contribution is 2.32. The summed E-state index contributed by atoms with van der Waals surface area (Å²) in [6.07, 6.45) is -1.84. The highest BCUT2D eigenvalue weighted by molar-refractivity contribution is 7.88. The molecule has 0 unspecified atom stereocenters. The zero-order valence-electron chi connectivity index (χ0n) is 11.9. The van der Waals surface area contributed by atoms with Gasteiger partial charge in [-0.05, 0) is 0 Å². The van der Waals surface area contributed by atoms with Crippen molar-refractivity contribution in [3.8, 4) is 0 Å². The van der Waals surface area contributed by atoms with Crippen molar-refractivity contribution >= 4 is 10.0 Å². The first-order valence-corrected chi connectivity index (χ1v) is 7.47. The molecule has 0 aromatic heterocycles. The summed E-state index contributed by atoms with van der Waals surface area (Å²) in [5.41, 5.74) is 0. The third-order valence-corrected chi connectivity index (χ3v) is 3.45. The lowest BCUT2D eigenvalue weighted by Crippen LogP contribution is -2.64. The van der Waals surface area contributed by atoms with Crippen LogP contribution in [0.5, 0.6) is 0 Å². The maximum absolute atomic E-state index is 11.0. The van der Waals surface area contributed by atoms with Gasteiger partial charge < -0.3 is 28.4 Å². The molecule has 0 aromatic rings. The van der Waals surface area contributed by atoms with Crippen LogP contribution in [-0.4, -0.2) is 73.7 Å². The number of rotatable bonds is 7. The van der Waals surface area contributed by atoms with E-state index in [1.807, 2.05) is 0 Å². The van der Waals surface area contributed by atoms with Gasteiger partial charge in [0.05, 0.1) is 6.61 Å². The summed E-state index contributed by atoms with van der Waals surface area (Å²) >= 11 is 0. The number of sulfonamides is 1. The second kappa shape index (κ2) is 7.09. The monoisotopic (exact) mass is 315 g/mol. The van der Waals surface area contributed by atoms with E-state index in [0.717, 1.165) is 0 Å². The van der Waals surface area contributed by atoms with Gasteiger partial charge in [0, 0.05) is 28.4 Å². The van der Waals surface area contributed by atoms with Gasteiger partial charge in [-0.3, -0.25) is 0 Å². The summed E-state index contributed by atoms with van der Waals surface area (Å²) in [5.74, 6) is -2.52. The molecule has 4 atom stereocenters. The van der Waals surface area contributed by atoms with Crippen LogP contribution in [0.4, 0.5) is 0 Å². The number of primary sulfonamides is 1. The highest BCUT2D eigenvalue weighted by Gasteiger charge is 2.54. The Bertz CT molecular complexity index is 402. The lowest BCUT2D eigenvalue weighted by atomic mass is 10.0. The number of hydrogen-bond donors (Lipinski definition) is 1. The molecule has 9 nitrogen and oxygen atoms in total. The van der Waals surface area contributed by atoms with Crippen molar-refractivity contribution < 1.29 is 36.8 Å². The van der Waals surface area contributed by atoms with Crippen molar-refractivity contribution in [2.75, 3.05) is 41.0 Å². The van der Waals surface area contributed by atoms with Crippen LogP contribution in [0.15, 0.2) is 0 Å². The van der Waals surface area contributed by atoms with Crippen LogP contribution in [0.3, 0.4) is 0 Å². The number of nitrogens with two attached hydrogens (primary N) is 1. The fourth-order valence-electron chi connectivity index (χ4n) is 2.05. The quantitative estimate of drug-likeness (QED) is 0.572. The predicted molar refractivity (Wildman–Crippen MR) is 67.1 cm³/mol. The molecule has 1 aliphatic heterocycles. The van der Waals surface area contributed by atoms with Crippen molar-refractivity contribution in [1.29, 1.82) is 0 Å². The summed E-state index contributed by atoms with van der Waals surface area (Å²) in [4.78, 5) is 0. The zero-order chi connectivity index (χ0) is 15.4. The first-order valence-electron chi connectivity index (χ1n) is 5.75. The average Bonchev–Trinajstić information content (AvgIpc) is 2.42. The maximum Gasteiger partial charge on any atom is 0.314 e. The van der Waals surface area contributed by atoms with Gasteiger partial charge in [0.1, 0.15) is 12.2 Å². The van der Waals surface area contributed by atoms with Gasteiger partial charge in [-0.15, -0.1) is 0 Å². The number of ether oxygens (including phenoxy) is 6. The van der Waals surface area contributed by atoms with Crippen LogP contribution in [-0.2, 0) is 38.4 Å². The van der Waals surface area contributed by atoms with Crippen molar-refractivity contribution in [1.82, 2.24) is 0 Å². The molecule has 120 valence electrons. The molecule has 0 amide bonds. The summed E-state index contributed by atoms with van der Waals surface area (Å²) in [6.45, 7) is 0.0767. The Hall–Kier alpha value is -0.330. The lowest BCUT2D eigenvalue weighted by Gasteiger charge is -2.46. The van der Waals surface area contributed by atoms with E-state index >= 15 is 0 Å². The number of methoxy groups -OCH3 is 4. The fourth-order valence-corrected chi connectivity index (χ4v) is 2.38. The lowest BCUT2D eigenvalue weighted by molar-refractivity contribution is -0.438. The molecule has 20 heavy (non-hydrogen) atoms. The minimum absolute atomic E-state index is 0.0767. The summed E-state index contributed by atoms with van der Waals surface area (Å²) in [7, 11) is 1.80. The number of hydrogen-bond acceptors (Lipinski definition) is 8. The molecule has 1 rings (SSSR count). The summed E-state index contributed by atoms with van der Waals surface area (Å²) in [6, 6.07) is 0. The van der Waals surface area contributed by atoms with Crippen LogP contribution >= 0.6 is 0 Å². The third kappa shape index (κ3) is 3.86. The Morgan fingerprint density at radius 2 is 1.85 bits per heavy atom. The van der Waals surface area contributed by atoms with Gasteiger partial charge in [0.15, 0.2) is 12.0 Å². The van der Waals surface area contributed by atoms with Crippen LogP contribution in [0.25, 0.3) is 0 Å². The van der Waals surface area contributed by atoms with Crippen LogP contribution in [0.1, 0.15) is 0 Å². The molecule has 0 spiro atoms. The second-order valence-electron chi connectivity index (χ2n) is 4.17. The van der Waals surface area contributed by atoms with E-state index < -0.39 is 40.2 Å². The second-order valence-corrected chi connectivity index (χ2v) is 5.74. The molecule has 0 bridgehead atoms. The maximum atomic E-state index is 11.0. The zero-order valence-corrected chi connectivity index (χ0v) is 12.7. The molecule has 1 fully saturated rings. The smallest absolute Gasteiger partial charge is 0.314 e. The Morgan fingerprint density at radius 3 is 2.25 bits per heavy atom. The molecule has 1 aliphatic rings. The van der Waals surface area contributed by atoms with E-state index in [2.05, 4.69) is 0 Å². The van der Waals surface area contributed by atoms with E-state index in [-0.39, 0.29) is 6.61 Å². The topological polar surface area (TPSA) is 116 Å². The molecule has 0 aromatic carbocycles. The Morgan fingerprint density at radius 1 is 1.20 bits per heavy atom. The molecule has 1 heterocycles. The van der Waals surface area contributed by atoms with Crippen molar-refractivity contribution in [2.45, 2.75) is 24.3 Å². The molecule has 0 radical (unpaired) electrons. The van der Waals surface area contributed by atoms with E-state index in [1.54, 1.807) is 0 Å². The Balaban J connectivity index is 2.98. The molecule has 0 aliphatic carbocycles. The standard InChI is InChI=1S/C10H21NO8S/c1-14-7-5-18-10(17-4,19-6-20(11,12)13)9(16-3)8(7)15-2/h7-9H,5-6H2,1-4H3,(H2,11,12,13)/t7-,8-,9+,10+/m1/s1. The Kier molecular flexibility index (Phi) is 6.28. The minimum Gasteiger partial charge on any atom is -0.376 e. The van der Waals surface area contributed by atoms with Crippen LogP contribution in [0.2, 0.25) is 0 Å². The molecular formula is C10H21NO8S. The first-order chi connectivity index (χ1) is 9.33. The largest absolute Gasteiger partial charge is 0.376 e. The molecule has 2 N–H and O–H groups in total. The van der Waals surface area contributed by atoms with Crippen molar-refractivity contribution in [3.05, 3.63) is 0 Å². The summed E-state index contributed by atoms with van der Waals surface area (Å²) in [5, 5.41) is 4.91. The SMILES string of the molecule is CO[C@@H]1[C@H](OC)CO[C@](OC)(OCS(N)(=O)=O)[C@H]1OC. The van der Waals surface area contributed by atoms with E-state index in [9.17, 15) is 8.42 Å². The first kappa shape index (κ1) is 17.7. The molecule has 10 heteroatoms. The van der Waals surface area contributed by atoms with E-state index in [4.69, 9.17) is 33.6 Å². The molecular weight excluding hydrogens is 294 g/mol. The van der Waals surface area contributed by atoms with Gasteiger partial charge in [-0.1, -0.05) is 0 Å². The average molecular weight is 315 g/mol. The van der Waals surface area contributed by atoms with Crippen LogP contribution < -0.4 is 5.14 Å². The van der Waals surface area contributed by atoms with Gasteiger partial charge in [0.2, 0.25) is 10.0 Å².